The predicted octanol–water partition coefficient (Wildman–Crippen LogP) is 3.00. The van der Waals surface area contributed by atoms with Gasteiger partial charge in [0.2, 0.25) is 0 Å². The molecule has 0 aliphatic heterocycles. The lowest BCUT2D eigenvalue weighted by Gasteiger charge is -2.23. The highest BCUT2D eigenvalue weighted by molar-refractivity contribution is 5.80. The van der Waals surface area contributed by atoms with Gasteiger partial charge in [-0.15, -0.1) is 10.2 Å². The van der Waals surface area contributed by atoms with E-state index in [0.29, 0.717) is 12.0 Å². The van der Waals surface area contributed by atoms with Crippen LogP contribution in [0.4, 0.5) is 0 Å². The highest BCUT2D eigenvalue weighted by Gasteiger charge is 2.14. The Hall–Kier alpha value is -1.59. The first-order valence-electron chi connectivity index (χ1n) is 10.0. The van der Waals surface area contributed by atoms with Crippen molar-refractivity contribution in [1.29, 1.82) is 0 Å². The van der Waals surface area contributed by atoms with Crippen molar-refractivity contribution in [3.8, 4) is 0 Å². The van der Waals surface area contributed by atoms with E-state index in [-0.39, 0.29) is 0 Å². The van der Waals surface area contributed by atoms with Gasteiger partial charge in [0.15, 0.2) is 5.96 Å². The third-order valence-electron chi connectivity index (χ3n) is 5.25. The smallest absolute Gasteiger partial charge is 0.191 e. The van der Waals surface area contributed by atoms with Gasteiger partial charge in [-0.25, -0.2) is 0 Å². The number of nitrogens with one attached hydrogen (secondary N) is 2. The Morgan fingerprint density at radius 2 is 2.04 bits per heavy atom. The zero-order chi connectivity index (χ0) is 18.1. The van der Waals surface area contributed by atoms with Crippen LogP contribution in [0.1, 0.15) is 65.6 Å². The number of nitrogens with zero attached hydrogens (tertiary/aromatic N) is 4. The number of guanidine groups is 1. The van der Waals surface area contributed by atoms with Crippen molar-refractivity contribution in [2.24, 2.45) is 16.8 Å². The average molecular weight is 349 g/mol. The van der Waals surface area contributed by atoms with E-state index in [9.17, 15) is 0 Å². The van der Waals surface area contributed by atoms with Crippen molar-refractivity contribution in [3.05, 3.63) is 12.2 Å². The molecule has 1 aromatic heterocycles. The first-order valence-corrected chi connectivity index (χ1v) is 10.0. The van der Waals surface area contributed by atoms with Gasteiger partial charge in [0, 0.05) is 32.1 Å². The number of aromatic nitrogens is 3. The molecule has 1 aromatic rings. The van der Waals surface area contributed by atoms with Gasteiger partial charge in [0.05, 0.1) is 0 Å². The highest BCUT2D eigenvalue weighted by Crippen LogP contribution is 2.23. The lowest BCUT2D eigenvalue weighted by Crippen LogP contribution is -2.45. The predicted molar refractivity (Wildman–Crippen MR) is 104 cm³/mol. The number of aliphatic imine (C=N–C) groups is 1. The van der Waals surface area contributed by atoms with Crippen molar-refractivity contribution in [1.82, 2.24) is 25.4 Å². The molecule has 1 aliphatic carbocycles. The van der Waals surface area contributed by atoms with Crippen LogP contribution in [0.2, 0.25) is 0 Å². The minimum absolute atomic E-state index is 0.402. The zero-order valence-electron chi connectivity index (χ0n) is 16.5. The Bertz CT molecular complexity index is 516. The van der Waals surface area contributed by atoms with Gasteiger partial charge in [0.25, 0.3) is 0 Å². The fourth-order valence-electron chi connectivity index (χ4n) is 3.16. The van der Waals surface area contributed by atoms with Gasteiger partial charge >= 0.3 is 0 Å². The molecule has 1 heterocycles. The fraction of sp³-hybridized carbons (Fsp3) is 0.842. The molecule has 1 fully saturated rings. The molecule has 2 N–H and O–H groups in total. The summed E-state index contributed by atoms with van der Waals surface area (Å²) in [6, 6.07) is 0.402. The molecule has 0 radical (unpaired) electrons. The summed E-state index contributed by atoms with van der Waals surface area (Å²) >= 11 is 0. The van der Waals surface area contributed by atoms with E-state index in [4.69, 9.17) is 4.99 Å². The summed E-state index contributed by atoms with van der Waals surface area (Å²) in [5, 5.41) is 15.2. The van der Waals surface area contributed by atoms with Gasteiger partial charge in [-0.05, 0) is 31.6 Å². The van der Waals surface area contributed by atoms with E-state index in [2.05, 4.69) is 53.1 Å². The van der Waals surface area contributed by atoms with Crippen LogP contribution in [-0.2, 0) is 13.0 Å². The summed E-state index contributed by atoms with van der Waals surface area (Å²) in [4.78, 5) is 4.89. The number of hydrogen-bond acceptors (Lipinski definition) is 3. The first kappa shape index (κ1) is 19.7. The minimum atomic E-state index is 0.402. The lowest BCUT2D eigenvalue weighted by molar-refractivity contribution is 0.365. The Labute approximate surface area is 152 Å². The van der Waals surface area contributed by atoms with E-state index in [1.165, 1.54) is 32.1 Å². The van der Waals surface area contributed by atoms with Crippen molar-refractivity contribution >= 4 is 5.96 Å². The average Bonchev–Trinajstić information content (AvgIpc) is 3.07. The monoisotopic (exact) mass is 348 g/mol. The second kappa shape index (κ2) is 10.4. The first-order chi connectivity index (χ1) is 12.1. The van der Waals surface area contributed by atoms with E-state index >= 15 is 0 Å². The Balaban J connectivity index is 1.88. The molecule has 1 saturated carbocycles. The molecule has 1 unspecified atom stereocenters. The number of hydrogen-bond donors (Lipinski definition) is 2. The van der Waals surface area contributed by atoms with Crippen LogP contribution in [0, 0.1) is 11.8 Å². The number of aryl methyl sites for hydroxylation is 1. The van der Waals surface area contributed by atoms with Gasteiger partial charge < -0.3 is 15.2 Å². The molecule has 0 saturated heterocycles. The van der Waals surface area contributed by atoms with Crippen LogP contribution >= 0.6 is 0 Å². The van der Waals surface area contributed by atoms with Crippen LogP contribution in [-0.4, -0.2) is 39.9 Å². The maximum atomic E-state index is 4.89. The molecule has 6 nitrogen and oxygen atoms in total. The Kier molecular flexibility index (Phi) is 8.22. The van der Waals surface area contributed by atoms with Crippen LogP contribution in [0.5, 0.6) is 0 Å². The molecule has 0 bridgehead atoms. The molecule has 2 rings (SSSR count). The summed E-state index contributed by atoms with van der Waals surface area (Å²) in [7, 11) is 0. The maximum absolute atomic E-state index is 4.89. The van der Waals surface area contributed by atoms with Crippen LogP contribution < -0.4 is 10.6 Å². The maximum Gasteiger partial charge on any atom is 0.191 e. The molecule has 142 valence electrons. The molecule has 1 aliphatic rings. The normalized spacial score (nSPS) is 17.7. The zero-order valence-corrected chi connectivity index (χ0v) is 16.5. The summed E-state index contributed by atoms with van der Waals surface area (Å²) < 4.78 is 2.11. The fourth-order valence-corrected chi connectivity index (χ4v) is 3.16. The summed E-state index contributed by atoms with van der Waals surface area (Å²) in [5.41, 5.74) is 0. The third kappa shape index (κ3) is 6.67. The van der Waals surface area contributed by atoms with Crippen LogP contribution in [0.15, 0.2) is 11.3 Å². The summed E-state index contributed by atoms with van der Waals surface area (Å²) in [5.74, 6) is 3.31. The van der Waals surface area contributed by atoms with Gasteiger partial charge in [-0.3, -0.25) is 4.99 Å². The van der Waals surface area contributed by atoms with Gasteiger partial charge in [-0.2, -0.15) is 0 Å². The van der Waals surface area contributed by atoms with E-state index in [1.807, 2.05) is 6.33 Å². The van der Waals surface area contributed by atoms with Gasteiger partial charge in [0.1, 0.15) is 12.2 Å². The second-order valence-electron chi connectivity index (χ2n) is 7.59. The largest absolute Gasteiger partial charge is 0.355 e. The molecular formula is C19H36N6. The summed E-state index contributed by atoms with van der Waals surface area (Å²) in [6.45, 7) is 11.4. The molecule has 0 aromatic carbocycles. The van der Waals surface area contributed by atoms with E-state index in [1.54, 1.807) is 0 Å². The standard InChI is InChI=1S/C19H36N6/c1-5-18-24-22-14-25(18)12-11-20-19(23-16(4)15(2)3)21-13-17-9-7-6-8-10-17/h14-17H,5-13H2,1-4H3,(H2,20,21,23). The summed E-state index contributed by atoms with van der Waals surface area (Å²) in [6.07, 6.45) is 9.51. The molecule has 6 heteroatoms. The van der Waals surface area contributed by atoms with Crippen molar-refractivity contribution in [2.45, 2.75) is 78.8 Å². The van der Waals surface area contributed by atoms with Crippen molar-refractivity contribution < 1.29 is 0 Å². The second-order valence-corrected chi connectivity index (χ2v) is 7.59. The Morgan fingerprint density at radius 1 is 1.28 bits per heavy atom. The number of rotatable bonds is 8. The van der Waals surface area contributed by atoms with Crippen LogP contribution in [0.25, 0.3) is 0 Å². The third-order valence-corrected chi connectivity index (χ3v) is 5.25. The SMILES string of the molecule is CCc1nncn1CCNC(=NCC1CCCCC1)NC(C)C(C)C. The lowest BCUT2D eigenvalue weighted by atomic mass is 9.89. The Morgan fingerprint density at radius 3 is 2.72 bits per heavy atom. The molecule has 1 atom stereocenters. The molecular weight excluding hydrogens is 312 g/mol. The minimum Gasteiger partial charge on any atom is -0.355 e. The molecule has 25 heavy (non-hydrogen) atoms. The van der Waals surface area contributed by atoms with Crippen molar-refractivity contribution in [3.63, 3.8) is 0 Å². The van der Waals surface area contributed by atoms with E-state index < -0.39 is 0 Å². The molecule has 0 amide bonds. The van der Waals surface area contributed by atoms with E-state index in [0.717, 1.165) is 43.8 Å². The highest BCUT2D eigenvalue weighted by atomic mass is 15.3. The van der Waals surface area contributed by atoms with Gasteiger partial charge in [-0.1, -0.05) is 40.0 Å². The topological polar surface area (TPSA) is 67.1 Å². The molecule has 0 spiro atoms. The van der Waals surface area contributed by atoms with Crippen molar-refractivity contribution in [2.75, 3.05) is 13.1 Å². The van der Waals surface area contributed by atoms with Crippen LogP contribution in [0.3, 0.4) is 0 Å². The quantitative estimate of drug-likeness (QED) is 0.560.